The summed E-state index contributed by atoms with van der Waals surface area (Å²) in [5.74, 6) is 0.612. The summed E-state index contributed by atoms with van der Waals surface area (Å²) in [6, 6.07) is 4.87. The fraction of sp³-hybridized carbons (Fsp3) is 0.550. The maximum absolute atomic E-state index is 12.9. The highest BCUT2D eigenvalue weighted by Crippen LogP contribution is 2.31. The molecular formula is C20H24F3N5O3. The minimum absolute atomic E-state index is 0.124. The Morgan fingerprint density at radius 1 is 1.03 bits per heavy atom. The Balaban J connectivity index is 1.28. The molecule has 0 unspecified atom stereocenters. The van der Waals surface area contributed by atoms with Crippen LogP contribution in [0.15, 0.2) is 28.8 Å². The molecule has 1 amide bonds. The molecule has 0 bridgehead atoms. The van der Waals surface area contributed by atoms with Crippen molar-refractivity contribution < 1.29 is 27.2 Å². The number of aromatic nitrogens is 2. The van der Waals surface area contributed by atoms with Crippen LogP contribution in [0.1, 0.15) is 11.5 Å². The van der Waals surface area contributed by atoms with E-state index in [1.165, 1.54) is 12.1 Å². The van der Waals surface area contributed by atoms with Crippen LogP contribution in [0.2, 0.25) is 0 Å². The Labute approximate surface area is 177 Å². The lowest BCUT2D eigenvalue weighted by molar-refractivity contribution is -0.138. The highest BCUT2D eigenvalue weighted by molar-refractivity contribution is 5.78. The molecule has 2 aliphatic heterocycles. The van der Waals surface area contributed by atoms with E-state index in [4.69, 9.17) is 9.26 Å². The van der Waals surface area contributed by atoms with Crippen molar-refractivity contribution in [2.75, 3.05) is 59.0 Å². The number of carbonyl (C=O) groups is 1. The smallest absolute Gasteiger partial charge is 0.378 e. The molecule has 168 valence electrons. The van der Waals surface area contributed by atoms with E-state index in [0.717, 1.165) is 38.3 Å². The number of rotatable bonds is 5. The lowest BCUT2D eigenvalue weighted by Gasteiger charge is -2.35. The molecule has 4 rings (SSSR count). The second-order valence-corrected chi connectivity index (χ2v) is 7.64. The molecule has 0 spiro atoms. The normalized spacial score (nSPS) is 19.0. The summed E-state index contributed by atoms with van der Waals surface area (Å²) >= 11 is 0. The summed E-state index contributed by atoms with van der Waals surface area (Å²) in [6.45, 7) is 6.22. The van der Waals surface area contributed by atoms with Crippen LogP contribution < -0.4 is 0 Å². The molecule has 1 aromatic carbocycles. The predicted molar refractivity (Wildman–Crippen MR) is 104 cm³/mol. The predicted octanol–water partition coefficient (Wildman–Crippen LogP) is 1.73. The number of nitrogens with zero attached hydrogens (tertiary/aromatic N) is 5. The molecule has 1 aromatic heterocycles. The molecule has 2 aliphatic rings. The average molecular weight is 439 g/mol. The fourth-order valence-corrected chi connectivity index (χ4v) is 3.67. The van der Waals surface area contributed by atoms with Crippen LogP contribution in [0.3, 0.4) is 0 Å². The zero-order valence-corrected chi connectivity index (χ0v) is 17.0. The largest absolute Gasteiger partial charge is 0.416 e. The second-order valence-electron chi connectivity index (χ2n) is 7.64. The first-order chi connectivity index (χ1) is 14.9. The van der Waals surface area contributed by atoms with Gasteiger partial charge in [0.2, 0.25) is 17.6 Å². The number of benzene rings is 1. The van der Waals surface area contributed by atoms with Crippen molar-refractivity contribution >= 4 is 5.91 Å². The van der Waals surface area contributed by atoms with Gasteiger partial charge in [-0.3, -0.25) is 14.6 Å². The van der Waals surface area contributed by atoms with Gasteiger partial charge < -0.3 is 14.2 Å². The second kappa shape index (κ2) is 9.33. The Kier molecular flexibility index (Phi) is 6.54. The summed E-state index contributed by atoms with van der Waals surface area (Å²) in [6.07, 6.45) is -4.43. The SMILES string of the molecule is O=C(CN1CCN(Cc2nc(-c3cccc(C(F)(F)F)c3)no2)CC1)N1CCOCC1. The van der Waals surface area contributed by atoms with E-state index >= 15 is 0 Å². The van der Waals surface area contributed by atoms with E-state index in [1.807, 2.05) is 4.90 Å². The molecule has 11 heteroatoms. The van der Waals surface area contributed by atoms with E-state index in [9.17, 15) is 18.0 Å². The van der Waals surface area contributed by atoms with E-state index in [-0.39, 0.29) is 17.3 Å². The van der Waals surface area contributed by atoms with Gasteiger partial charge in [-0.1, -0.05) is 17.3 Å². The maximum atomic E-state index is 12.9. The van der Waals surface area contributed by atoms with E-state index in [0.29, 0.717) is 45.3 Å². The first-order valence-corrected chi connectivity index (χ1v) is 10.2. The van der Waals surface area contributed by atoms with Gasteiger partial charge in [-0.05, 0) is 12.1 Å². The maximum Gasteiger partial charge on any atom is 0.416 e. The van der Waals surface area contributed by atoms with Crippen molar-refractivity contribution in [2.45, 2.75) is 12.7 Å². The standard InChI is InChI=1S/C20H24F3N5O3/c21-20(22,23)16-3-1-2-15(12-16)19-24-17(31-25-19)13-26-4-6-27(7-5-26)14-18(29)28-8-10-30-11-9-28/h1-3,12H,4-11,13-14H2. The third-order valence-electron chi connectivity index (χ3n) is 5.46. The summed E-state index contributed by atoms with van der Waals surface area (Å²) in [5.41, 5.74) is -0.490. The van der Waals surface area contributed by atoms with Crippen molar-refractivity contribution in [1.29, 1.82) is 0 Å². The van der Waals surface area contributed by atoms with E-state index < -0.39 is 11.7 Å². The van der Waals surface area contributed by atoms with Crippen LogP contribution in [-0.2, 0) is 22.3 Å². The number of hydrogen-bond donors (Lipinski definition) is 0. The third-order valence-corrected chi connectivity index (χ3v) is 5.46. The first-order valence-electron chi connectivity index (χ1n) is 10.2. The van der Waals surface area contributed by atoms with Crippen molar-refractivity contribution in [3.8, 4) is 11.4 Å². The Morgan fingerprint density at radius 2 is 1.74 bits per heavy atom. The van der Waals surface area contributed by atoms with Gasteiger partial charge in [-0.2, -0.15) is 18.2 Å². The molecule has 0 radical (unpaired) electrons. The van der Waals surface area contributed by atoms with Crippen LogP contribution >= 0.6 is 0 Å². The molecule has 0 atom stereocenters. The van der Waals surface area contributed by atoms with Crippen LogP contribution in [0.5, 0.6) is 0 Å². The molecule has 3 heterocycles. The van der Waals surface area contributed by atoms with Gasteiger partial charge in [0.05, 0.1) is 31.9 Å². The van der Waals surface area contributed by atoms with Crippen LogP contribution in [-0.4, -0.2) is 89.8 Å². The zero-order chi connectivity index (χ0) is 21.8. The Bertz CT molecular complexity index is 890. The molecule has 2 fully saturated rings. The van der Waals surface area contributed by atoms with Gasteiger partial charge in [0.15, 0.2) is 0 Å². The average Bonchev–Trinajstić information content (AvgIpc) is 3.24. The molecule has 0 aliphatic carbocycles. The zero-order valence-electron chi connectivity index (χ0n) is 17.0. The van der Waals surface area contributed by atoms with Gasteiger partial charge in [0, 0.05) is 44.8 Å². The Morgan fingerprint density at radius 3 is 2.45 bits per heavy atom. The summed E-state index contributed by atoms with van der Waals surface area (Å²) in [5, 5.41) is 3.83. The first kappa shape index (κ1) is 21.7. The van der Waals surface area contributed by atoms with E-state index in [1.54, 1.807) is 0 Å². The molecule has 0 saturated carbocycles. The topological polar surface area (TPSA) is 74.9 Å². The number of morpholine rings is 1. The molecular weight excluding hydrogens is 415 g/mol. The quantitative estimate of drug-likeness (QED) is 0.703. The lowest BCUT2D eigenvalue weighted by atomic mass is 10.1. The van der Waals surface area contributed by atoms with Gasteiger partial charge >= 0.3 is 6.18 Å². The molecule has 31 heavy (non-hydrogen) atoms. The fourth-order valence-electron chi connectivity index (χ4n) is 3.67. The number of hydrogen-bond acceptors (Lipinski definition) is 7. The van der Waals surface area contributed by atoms with Crippen LogP contribution in [0, 0.1) is 0 Å². The number of alkyl halides is 3. The van der Waals surface area contributed by atoms with E-state index in [2.05, 4.69) is 19.9 Å². The van der Waals surface area contributed by atoms with Crippen molar-refractivity contribution in [3.05, 3.63) is 35.7 Å². The van der Waals surface area contributed by atoms with Gasteiger partial charge in [-0.15, -0.1) is 0 Å². The number of amides is 1. The Hall–Kier alpha value is -2.50. The van der Waals surface area contributed by atoms with Gasteiger partial charge in [0.1, 0.15) is 0 Å². The monoisotopic (exact) mass is 439 g/mol. The number of halogens is 3. The minimum Gasteiger partial charge on any atom is -0.378 e. The molecule has 0 N–H and O–H groups in total. The highest BCUT2D eigenvalue weighted by atomic mass is 19.4. The van der Waals surface area contributed by atoms with Gasteiger partial charge in [-0.25, -0.2) is 0 Å². The number of piperazine rings is 1. The number of ether oxygens (including phenoxy) is 1. The van der Waals surface area contributed by atoms with Crippen molar-refractivity contribution in [1.82, 2.24) is 24.8 Å². The van der Waals surface area contributed by atoms with Crippen LogP contribution in [0.4, 0.5) is 13.2 Å². The third kappa shape index (κ3) is 5.60. The number of carbonyl (C=O) groups excluding carboxylic acids is 1. The molecule has 2 aromatic rings. The summed E-state index contributed by atoms with van der Waals surface area (Å²) < 4.78 is 49.3. The van der Waals surface area contributed by atoms with Crippen LogP contribution in [0.25, 0.3) is 11.4 Å². The highest BCUT2D eigenvalue weighted by Gasteiger charge is 2.31. The summed E-state index contributed by atoms with van der Waals surface area (Å²) in [7, 11) is 0. The molecule has 2 saturated heterocycles. The van der Waals surface area contributed by atoms with Gasteiger partial charge in [0.25, 0.3) is 0 Å². The molecule has 8 nitrogen and oxygen atoms in total. The summed E-state index contributed by atoms with van der Waals surface area (Å²) in [4.78, 5) is 22.7. The lowest BCUT2D eigenvalue weighted by Crippen LogP contribution is -2.51. The van der Waals surface area contributed by atoms with Crippen molar-refractivity contribution in [2.24, 2.45) is 0 Å². The minimum atomic E-state index is -4.43. The van der Waals surface area contributed by atoms with Crippen molar-refractivity contribution in [3.63, 3.8) is 0 Å².